The lowest BCUT2D eigenvalue weighted by molar-refractivity contribution is -0.142. The highest BCUT2D eigenvalue weighted by Gasteiger charge is 2.23. The molecule has 0 aliphatic carbocycles. The van der Waals surface area contributed by atoms with E-state index in [1.54, 1.807) is 0 Å². The molecule has 0 aromatic heterocycles. The maximum atomic E-state index is 11.1. The molecule has 0 aliphatic rings. The van der Waals surface area contributed by atoms with Gasteiger partial charge in [0.15, 0.2) is 0 Å². The Hall–Kier alpha value is -0.380. The van der Waals surface area contributed by atoms with E-state index in [1.165, 1.54) is 49.6 Å². The van der Waals surface area contributed by atoms with Crippen LogP contribution in [0, 0.1) is 0 Å². The van der Waals surface area contributed by atoms with Gasteiger partial charge in [-0.2, -0.15) is 0 Å². The van der Waals surface area contributed by atoms with Gasteiger partial charge in [0.2, 0.25) is 0 Å². The largest absolute Gasteiger partial charge is 0.480 e. The summed E-state index contributed by atoms with van der Waals surface area (Å²) in [6.07, 6.45) is 12.1. The molecule has 21 heavy (non-hydrogen) atoms. The Kier molecular flexibility index (Phi) is 14.3. The number of carboxylic acid groups (broad SMARTS) is 1. The van der Waals surface area contributed by atoms with Crippen molar-refractivity contribution in [3.05, 3.63) is 0 Å². The van der Waals surface area contributed by atoms with Gasteiger partial charge in [0.1, 0.15) is 14.7 Å². The van der Waals surface area contributed by atoms with Crippen LogP contribution in [-0.4, -0.2) is 40.0 Å². The minimum absolute atomic E-state index is 0.484. The molecule has 0 bridgehead atoms. The molecule has 0 saturated carbocycles. The van der Waals surface area contributed by atoms with Crippen molar-refractivity contribution in [2.45, 2.75) is 77.2 Å². The lowest BCUT2D eigenvalue weighted by Crippen LogP contribution is -2.38. The summed E-state index contributed by atoms with van der Waals surface area (Å²) in [6, 6.07) is -1.02. The minimum Gasteiger partial charge on any atom is -0.480 e. The highest BCUT2D eigenvalue weighted by atomic mass is 31.1. The number of aliphatic hydroxyl groups excluding tert-OH is 1. The highest BCUT2D eigenvalue weighted by molar-refractivity contribution is 7.20. The maximum Gasteiger partial charge on any atom is 0.323 e. The zero-order valence-electron chi connectivity index (χ0n) is 13.3. The Bertz CT molecular complexity index is 276. The molecule has 0 aromatic rings. The van der Waals surface area contributed by atoms with Crippen molar-refractivity contribution in [2.75, 3.05) is 13.2 Å². The van der Waals surface area contributed by atoms with Gasteiger partial charge >= 0.3 is 5.97 Å². The molecule has 2 unspecified atom stereocenters. The SMILES string of the molecule is CCCCCCCCCCCCN([PH2]=O)C(CO)C(=O)O. The van der Waals surface area contributed by atoms with Crippen molar-refractivity contribution in [2.24, 2.45) is 0 Å². The Morgan fingerprint density at radius 3 is 1.86 bits per heavy atom. The molecular formula is C15H32NO4P. The first-order valence-corrected chi connectivity index (χ1v) is 9.20. The number of aliphatic carboxylic acids is 1. The van der Waals surface area contributed by atoms with E-state index in [-0.39, 0.29) is 0 Å². The molecule has 0 heterocycles. The third-order valence-corrected chi connectivity index (χ3v) is 4.65. The number of carboxylic acids is 1. The van der Waals surface area contributed by atoms with E-state index >= 15 is 0 Å². The van der Waals surface area contributed by atoms with Crippen LogP contribution in [0.1, 0.15) is 71.1 Å². The lowest BCUT2D eigenvalue weighted by atomic mass is 10.1. The van der Waals surface area contributed by atoms with Gasteiger partial charge in [-0.3, -0.25) is 4.79 Å². The topological polar surface area (TPSA) is 77.8 Å². The Labute approximate surface area is 130 Å². The number of aliphatic hydroxyl groups is 1. The predicted octanol–water partition coefficient (Wildman–Crippen LogP) is 3.33. The third kappa shape index (κ3) is 10.9. The number of rotatable bonds is 15. The predicted molar refractivity (Wildman–Crippen MR) is 87.5 cm³/mol. The van der Waals surface area contributed by atoms with E-state index in [0.717, 1.165) is 19.3 Å². The number of nitrogens with zero attached hydrogens (tertiary/aromatic N) is 1. The molecule has 0 aromatic carbocycles. The van der Waals surface area contributed by atoms with Gasteiger partial charge in [-0.25, -0.2) is 4.67 Å². The van der Waals surface area contributed by atoms with E-state index < -0.39 is 27.2 Å². The van der Waals surface area contributed by atoms with Crippen LogP contribution in [-0.2, 0) is 9.36 Å². The molecule has 0 fully saturated rings. The summed E-state index contributed by atoms with van der Waals surface area (Å²) in [4.78, 5) is 10.9. The van der Waals surface area contributed by atoms with Gasteiger partial charge in [0.25, 0.3) is 0 Å². The summed E-state index contributed by atoms with van der Waals surface area (Å²) in [6.45, 7) is 2.23. The summed E-state index contributed by atoms with van der Waals surface area (Å²) in [7, 11) is -1.30. The van der Waals surface area contributed by atoms with E-state index in [1.807, 2.05) is 0 Å². The molecule has 0 amide bonds. The monoisotopic (exact) mass is 321 g/mol. The van der Waals surface area contributed by atoms with Crippen molar-refractivity contribution in [1.82, 2.24) is 4.67 Å². The Balaban J connectivity index is 3.55. The molecule has 0 rings (SSSR count). The first-order valence-electron chi connectivity index (χ1n) is 8.22. The summed E-state index contributed by atoms with van der Waals surface area (Å²) in [5.41, 5.74) is 0. The lowest BCUT2D eigenvalue weighted by Gasteiger charge is -2.21. The van der Waals surface area contributed by atoms with Crippen molar-refractivity contribution < 1.29 is 19.6 Å². The van der Waals surface area contributed by atoms with Crippen LogP contribution >= 0.6 is 8.61 Å². The second-order valence-electron chi connectivity index (χ2n) is 5.56. The Morgan fingerprint density at radius 1 is 1.00 bits per heavy atom. The number of unbranched alkanes of at least 4 members (excludes halogenated alkanes) is 9. The first kappa shape index (κ1) is 20.6. The standard InChI is InChI=1S/C15H32NO4P/c1-2-3-4-5-6-7-8-9-10-11-12-16(21-20)14(13-17)15(18)19/h14,17H,2-13,21H2,1H3,(H,18,19). The molecule has 5 nitrogen and oxygen atoms in total. The van der Waals surface area contributed by atoms with Gasteiger partial charge < -0.3 is 14.8 Å². The summed E-state index contributed by atoms with van der Waals surface area (Å²) in [5, 5.41) is 17.9. The normalized spacial score (nSPS) is 13.3. The van der Waals surface area contributed by atoms with Crippen LogP contribution in [0.4, 0.5) is 0 Å². The quantitative estimate of drug-likeness (QED) is 0.357. The zero-order chi connectivity index (χ0) is 15.9. The zero-order valence-corrected chi connectivity index (χ0v) is 14.5. The summed E-state index contributed by atoms with van der Waals surface area (Å²) in [5.74, 6) is -1.10. The number of hydrogen-bond donors (Lipinski definition) is 2. The molecule has 0 saturated heterocycles. The maximum absolute atomic E-state index is 11.1. The average molecular weight is 321 g/mol. The third-order valence-electron chi connectivity index (χ3n) is 3.76. The minimum atomic E-state index is -1.30. The smallest absolute Gasteiger partial charge is 0.323 e. The molecule has 126 valence electrons. The fourth-order valence-electron chi connectivity index (χ4n) is 2.39. The van der Waals surface area contributed by atoms with Crippen LogP contribution in [0.5, 0.6) is 0 Å². The van der Waals surface area contributed by atoms with Crippen molar-refractivity contribution in [3.63, 3.8) is 0 Å². The van der Waals surface area contributed by atoms with Crippen molar-refractivity contribution in [1.29, 1.82) is 0 Å². The highest BCUT2D eigenvalue weighted by Crippen LogP contribution is 2.15. The molecule has 0 spiro atoms. The van der Waals surface area contributed by atoms with Crippen molar-refractivity contribution in [3.8, 4) is 0 Å². The first-order chi connectivity index (χ1) is 10.2. The van der Waals surface area contributed by atoms with Gasteiger partial charge in [-0.15, -0.1) is 0 Å². The number of hydrogen-bond acceptors (Lipinski definition) is 3. The fraction of sp³-hybridized carbons (Fsp3) is 0.933. The second-order valence-corrected chi connectivity index (χ2v) is 6.44. The molecular weight excluding hydrogens is 289 g/mol. The van der Waals surface area contributed by atoms with Crippen LogP contribution in [0.3, 0.4) is 0 Å². The summed E-state index contributed by atoms with van der Waals surface area (Å²) < 4.78 is 12.4. The van der Waals surface area contributed by atoms with Gasteiger partial charge in [0, 0.05) is 6.54 Å². The van der Waals surface area contributed by atoms with Crippen LogP contribution in [0.2, 0.25) is 0 Å². The molecule has 6 heteroatoms. The van der Waals surface area contributed by atoms with Crippen LogP contribution in [0.15, 0.2) is 0 Å². The van der Waals surface area contributed by atoms with Gasteiger partial charge in [-0.1, -0.05) is 64.7 Å². The van der Waals surface area contributed by atoms with E-state index in [2.05, 4.69) is 6.92 Å². The molecule has 0 aliphatic heterocycles. The van der Waals surface area contributed by atoms with E-state index in [0.29, 0.717) is 6.54 Å². The van der Waals surface area contributed by atoms with E-state index in [9.17, 15) is 9.36 Å². The molecule has 2 atom stereocenters. The van der Waals surface area contributed by atoms with Crippen molar-refractivity contribution >= 4 is 14.6 Å². The average Bonchev–Trinajstić information content (AvgIpc) is 2.47. The number of carbonyl (C=O) groups is 1. The van der Waals surface area contributed by atoms with Crippen LogP contribution in [0.25, 0.3) is 0 Å². The van der Waals surface area contributed by atoms with Crippen LogP contribution < -0.4 is 0 Å². The van der Waals surface area contributed by atoms with Gasteiger partial charge in [-0.05, 0) is 6.42 Å². The Morgan fingerprint density at radius 2 is 1.48 bits per heavy atom. The molecule has 0 radical (unpaired) electrons. The van der Waals surface area contributed by atoms with E-state index in [4.69, 9.17) is 10.2 Å². The fourth-order valence-corrected chi connectivity index (χ4v) is 3.05. The summed E-state index contributed by atoms with van der Waals surface area (Å²) >= 11 is 0. The van der Waals surface area contributed by atoms with Gasteiger partial charge in [0.05, 0.1) is 6.61 Å². The second kappa shape index (κ2) is 14.6. The molecule has 2 N–H and O–H groups in total.